The van der Waals surface area contributed by atoms with Gasteiger partial charge in [0.1, 0.15) is 10.8 Å². The van der Waals surface area contributed by atoms with Gasteiger partial charge in [-0.1, -0.05) is 0 Å². The SMILES string of the molecule is CCOC(=O)c1c(NC(=O)CN2CCN(S(=O)(=O)c3ccc(F)cc3)CC2)sc(C)c1C. The molecule has 0 atom stereocenters. The summed E-state index contributed by atoms with van der Waals surface area (Å²) < 4.78 is 45.0. The lowest BCUT2D eigenvalue weighted by molar-refractivity contribution is -0.117. The molecule has 3 rings (SSSR count). The van der Waals surface area contributed by atoms with Gasteiger partial charge in [0.15, 0.2) is 0 Å². The first-order chi connectivity index (χ1) is 15.1. The van der Waals surface area contributed by atoms with E-state index in [4.69, 9.17) is 4.74 Å². The van der Waals surface area contributed by atoms with E-state index >= 15 is 0 Å². The molecule has 1 aromatic carbocycles. The minimum atomic E-state index is -3.71. The van der Waals surface area contributed by atoms with Crippen molar-refractivity contribution in [2.24, 2.45) is 0 Å². The molecule has 1 fully saturated rings. The summed E-state index contributed by atoms with van der Waals surface area (Å²) in [5.74, 6) is -1.25. The summed E-state index contributed by atoms with van der Waals surface area (Å²) in [7, 11) is -3.71. The van der Waals surface area contributed by atoms with Crippen molar-refractivity contribution in [2.75, 3.05) is 44.6 Å². The van der Waals surface area contributed by atoms with E-state index in [-0.39, 0.29) is 37.0 Å². The van der Waals surface area contributed by atoms with Gasteiger partial charge in [0.2, 0.25) is 15.9 Å². The normalized spacial score (nSPS) is 15.5. The molecule has 0 bridgehead atoms. The van der Waals surface area contributed by atoms with Crippen LogP contribution in [0.1, 0.15) is 27.7 Å². The number of amides is 1. The quantitative estimate of drug-likeness (QED) is 0.609. The fourth-order valence-electron chi connectivity index (χ4n) is 3.42. The van der Waals surface area contributed by atoms with Crippen molar-refractivity contribution in [1.82, 2.24) is 9.21 Å². The largest absolute Gasteiger partial charge is 0.462 e. The Hall–Kier alpha value is -2.34. The lowest BCUT2D eigenvalue weighted by atomic mass is 10.1. The zero-order valence-electron chi connectivity index (χ0n) is 18.2. The summed E-state index contributed by atoms with van der Waals surface area (Å²) in [6, 6.07) is 4.73. The molecule has 0 saturated carbocycles. The van der Waals surface area contributed by atoms with Crippen LogP contribution in [0, 0.1) is 19.7 Å². The highest BCUT2D eigenvalue weighted by atomic mass is 32.2. The zero-order valence-corrected chi connectivity index (χ0v) is 19.8. The molecule has 0 radical (unpaired) electrons. The summed E-state index contributed by atoms with van der Waals surface area (Å²) >= 11 is 1.32. The summed E-state index contributed by atoms with van der Waals surface area (Å²) in [6.45, 7) is 6.92. The number of halogens is 1. The highest BCUT2D eigenvalue weighted by molar-refractivity contribution is 7.89. The second kappa shape index (κ2) is 10.1. The van der Waals surface area contributed by atoms with E-state index in [1.807, 2.05) is 18.7 Å². The highest BCUT2D eigenvalue weighted by Crippen LogP contribution is 2.33. The molecule has 0 unspecified atom stereocenters. The fraction of sp³-hybridized carbons (Fsp3) is 0.429. The minimum absolute atomic E-state index is 0.0417. The van der Waals surface area contributed by atoms with Crippen LogP contribution in [0.5, 0.6) is 0 Å². The van der Waals surface area contributed by atoms with E-state index in [0.717, 1.165) is 22.6 Å². The van der Waals surface area contributed by atoms with Gasteiger partial charge in [-0.05, 0) is 50.6 Å². The Morgan fingerprint density at radius 3 is 2.34 bits per heavy atom. The van der Waals surface area contributed by atoms with E-state index in [2.05, 4.69) is 5.32 Å². The molecule has 1 saturated heterocycles. The number of benzene rings is 1. The third kappa shape index (κ3) is 5.34. The van der Waals surface area contributed by atoms with Gasteiger partial charge in [-0.3, -0.25) is 9.69 Å². The highest BCUT2D eigenvalue weighted by Gasteiger charge is 2.29. The number of nitrogens with zero attached hydrogens (tertiary/aromatic N) is 2. The number of sulfonamides is 1. The number of hydrogen-bond donors (Lipinski definition) is 1. The van der Waals surface area contributed by atoms with Gasteiger partial charge >= 0.3 is 5.97 Å². The molecule has 1 N–H and O–H groups in total. The number of anilines is 1. The molecular weight excluding hydrogens is 457 g/mol. The Morgan fingerprint density at radius 2 is 1.75 bits per heavy atom. The van der Waals surface area contributed by atoms with Gasteiger partial charge < -0.3 is 10.1 Å². The minimum Gasteiger partial charge on any atom is -0.462 e. The number of carbonyl (C=O) groups excluding carboxylic acids is 2. The second-order valence-corrected chi connectivity index (χ2v) is 10.6. The Bertz CT molecular complexity index is 1090. The lowest BCUT2D eigenvalue weighted by Gasteiger charge is -2.33. The summed E-state index contributed by atoms with van der Waals surface area (Å²) in [4.78, 5) is 27.7. The topological polar surface area (TPSA) is 96.0 Å². The van der Waals surface area contributed by atoms with Crippen LogP contribution in [0.4, 0.5) is 9.39 Å². The van der Waals surface area contributed by atoms with Gasteiger partial charge in [-0.2, -0.15) is 4.31 Å². The maximum Gasteiger partial charge on any atom is 0.341 e. The Labute approximate surface area is 191 Å². The monoisotopic (exact) mass is 483 g/mol. The Kier molecular flexibility index (Phi) is 7.65. The number of ether oxygens (including phenoxy) is 1. The number of nitrogens with one attached hydrogen (secondary N) is 1. The third-order valence-electron chi connectivity index (χ3n) is 5.27. The molecule has 32 heavy (non-hydrogen) atoms. The van der Waals surface area contributed by atoms with Crippen LogP contribution < -0.4 is 5.32 Å². The molecule has 2 heterocycles. The average molecular weight is 484 g/mol. The molecule has 174 valence electrons. The average Bonchev–Trinajstić information content (AvgIpc) is 3.02. The van der Waals surface area contributed by atoms with E-state index in [9.17, 15) is 22.4 Å². The molecule has 11 heteroatoms. The number of thiophene rings is 1. The van der Waals surface area contributed by atoms with Crippen molar-refractivity contribution in [3.05, 3.63) is 46.1 Å². The summed E-state index contributed by atoms with van der Waals surface area (Å²) in [6.07, 6.45) is 0. The van der Waals surface area contributed by atoms with E-state index in [1.54, 1.807) is 6.92 Å². The predicted molar refractivity (Wildman–Crippen MR) is 120 cm³/mol. The smallest absolute Gasteiger partial charge is 0.341 e. The Morgan fingerprint density at radius 1 is 1.12 bits per heavy atom. The van der Waals surface area contributed by atoms with Crippen molar-refractivity contribution >= 4 is 38.2 Å². The van der Waals surface area contributed by atoms with Crippen LogP contribution >= 0.6 is 11.3 Å². The standard InChI is InChI=1S/C21H26FN3O5S2/c1-4-30-21(27)19-14(2)15(3)31-20(19)23-18(26)13-24-9-11-25(12-10-24)32(28,29)17-7-5-16(22)6-8-17/h5-8H,4,9-13H2,1-3H3,(H,23,26). The maximum atomic E-state index is 13.1. The van der Waals surface area contributed by atoms with Gasteiger partial charge in [0.05, 0.1) is 23.6 Å². The first-order valence-corrected chi connectivity index (χ1v) is 12.4. The van der Waals surface area contributed by atoms with E-state index in [1.165, 1.54) is 27.8 Å². The number of piperazine rings is 1. The van der Waals surface area contributed by atoms with Crippen LogP contribution in [0.15, 0.2) is 29.2 Å². The molecule has 8 nitrogen and oxygen atoms in total. The van der Waals surface area contributed by atoms with Crippen LogP contribution in [0.25, 0.3) is 0 Å². The van der Waals surface area contributed by atoms with Crippen molar-refractivity contribution in [3.8, 4) is 0 Å². The Balaban J connectivity index is 1.59. The third-order valence-corrected chi connectivity index (χ3v) is 8.30. The summed E-state index contributed by atoms with van der Waals surface area (Å²) in [5.41, 5.74) is 1.15. The van der Waals surface area contributed by atoms with Gasteiger partial charge in [-0.25, -0.2) is 17.6 Å². The second-order valence-electron chi connectivity index (χ2n) is 7.39. The number of hydrogen-bond acceptors (Lipinski definition) is 7. The predicted octanol–water partition coefficient (Wildman–Crippen LogP) is 2.63. The van der Waals surface area contributed by atoms with E-state index in [0.29, 0.717) is 23.7 Å². The number of aryl methyl sites for hydroxylation is 1. The number of esters is 1. The van der Waals surface area contributed by atoms with Crippen molar-refractivity contribution in [1.29, 1.82) is 0 Å². The van der Waals surface area contributed by atoms with Gasteiger partial charge in [0.25, 0.3) is 0 Å². The van der Waals surface area contributed by atoms with Crippen LogP contribution in [0.2, 0.25) is 0 Å². The first kappa shape index (κ1) is 24.3. The van der Waals surface area contributed by atoms with Crippen LogP contribution in [-0.2, 0) is 19.6 Å². The molecule has 0 aliphatic carbocycles. The maximum absolute atomic E-state index is 13.1. The molecular formula is C21H26FN3O5S2. The van der Waals surface area contributed by atoms with Crippen molar-refractivity contribution in [3.63, 3.8) is 0 Å². The van der Waals surface area contributed by atoms with Gasteiger partial charge in [-0.15, -0.1) is 11.3 Å². The molecule has 0 spiro atoms. The summed E-state index contributed by atoms with van der Waals surface area (Å²) in [5, 5.41) is 3.26. The number of rotatable bonds is 7. The van der Waals surface area contributed by atoms with Crippen molar-refractivity contribution < 1.29 is 27.1 Å². The number of carbonyl (C=O) groups is 2. The van der Waals surface area contributed by atoms with Crippen LogP contribution in [0.3, 0.4) is 0 Å². The molecule has 1 amide bonds. The lowest BCUT2D eigenvalue weighted by Crippen LogP contribution is -2.50. The first-order valence-electron chi connectivity index (χ1n) is 10.2. The molecule has 1 aliphatic rings. The molecule has 2 aromatic rings. The fourth-order valence-corrected chi connectivity index (χ4v) is 5.90. The molecule has 1 aliphatic heterocycles. The van der Waals surface area contributed by atoms with Crippen LogP contribution in [-0.4, -0.2) is 68.8 Å². The van der Waals surface area contributed by atoms with E-state index < -0.39 is 21.8 Å². The molecule has 1 aromatic heterocycles. The zero-order chi connectivity index (χ0) is 23.5. The van der Waals surface area contributed by atoms with Gasteiger partial charge in [0, 0.05) is 31.1 Å². The van der Waals surface area contributed by atoms with Crippen molar-refractivity contribution in [2.45, 2.75) is 25.7 Å².